The summed E-state index contributed by atoms with van der Waals surface area (Å²) in [6.45, 7) is 0.892. The Balaban J connectivity index is 1.69. The monoisotopic (exact) mass is 342 g/mol. The Morgan fingerprint density at radius 3 is 2.64 bits per heavy atom. The first-order valence-corrected chi connectivity index (χ1v) is 7.56. The van der Waals surface area contributed by atoms with E-state index in [1.807, 2.05) is 0 Å². The van der Waals surface area contributed by atoms with Crippen LogP contribution >= 0.6 is 0 Å². The number of nitrogens with one attached hydrogen (secondary N) is 1. The SMILES string of the molecule is O=C(Nc1ccc2c(c1)OCCO2)c1nccc2c(F)cc(F)cc12. The van der Waals surface area contributed by atoms with Crippen molar-refractivity contribution in [2.75, 3.05) is 18.5 Å². The van der Waals surface area contributed by atoms with Crippen LogP contribution in [0, 0.1) is 11.6 Å². The average molecular weight is 342 g/mol. The molecule has 0 spiro atoms. The normalized spacial score (nSPS) is 12.9. The van der Waals surface area contributed by atoms with Crippen LogP contribution in [0.15, 0.2) is 42.6 Å². The van der Waals surface area contributed by atoms with Gasteiger partial charge in [0.05, 0.1) is 0 Å². The highest BCUT2D eigenvalue weighted by Gasteiger charge is 2.17. The van der Waals surface area contributed by atoms with Crippen molar-refractivity contribution in [3.63, 3.8) is 0 Å². The standard InChI is InChI=1S/C18H12F2N2O3/c19-10-7-13-12(14(20)8-10)3-4-21-17(13)18(23)22-11-1-2-15-16(9-11)25-6-5-24-15/h1-4,7-9H,5-6H2,(H,22,23). The summed E-state index contributed by atoms with van der Waals surface area (Å²) in [4.78, 5) is 16.5. The lowest BCUT2D eigenvalue weighted by molar-refractivity contribution is 0.102. The van der Waals surface area contributed by atoms with E-state index in [0.717, 1.165) is 12.1 Å². The van der Waals surface area contributed by atoms with Crippen LogP contribution in [0.3, 0.4) is 0 Å². The summed E-state index contributed by atoms with van der Waals surface area (Å²) in [7, 11) is 0. The van der Waals surface area contributed by atoms with Crippen LogP contribution in [-0.4, -0.2) is 24.1 Å². The Morgan fingerprint density at radius 2 is 1.80 bits per heavy atom. The lowest BCUT2D eigenvalue weighted by Crippen LogP contribution is -2.17. The molecule has 5 nitrogen and oxygen atoms in total. The summed E-state index contributed by atoms with van der Waals surface area (Å²) < 4.78 is 38.3. The molecular formula is C18H12F2N2O3. The molecule has 0 radical (unpaired) electrons. The zero-order valence-corrected chi connectivity index (χ0v) is 12.9. The molecule has 0 aliphatic carbocycles. The van der Waals surface area contributed by atoms with Gasteiger partial charge in [-0.3, -0.25) is 9.78 Å². The quantitative estimate of drug-likeness (QED) is 0.774. The predicted octanol–water partition coefficient (Wildman–Crippen LogP) is 3.54. The van der Waals surface area contributed by atoms with Crippen LogP contribution in [-0.2, 0) is 0 Å². The molecule has 0 saturated carbocycles. The van der Waals surface area contributed by atoms with Gasteiger partial charge in [0.1, 0.15) is 30.5 Å². The lowest BCUT2D eigenvalue weighted by Gasteiger charge is -2.19. The number of anilines is 1. The topological polar surface area (TPSA) is 60.5 Å². The number of halogens is 2. The molecule has 4 rings (SSSR count). The fraction of sp³-hybridized carbons (Fsp3) is 0.111. The van der Waals surface area contributed by atoms with Gasteiger partial charge in [-0.15, -0.1) is 0 Å². The molecule has 2 heterocycles. The number of ether oxygens (including phenoxy) is 2. The first-order valence-electron chi connectivity index (χ1n) is 7.56. The zero-order valence-electron chi connectivity index (χ0n) is 12.9. The third kappa shape index (κ3) is 2.84. The number of carbonyl (C=O) groups excluding carboxylic acids is 1. The molecule has 1 amide bonds. The van der Waals surface area contributed by atoms with Gasteiger partial charge in [0.25, 0.3) is 5.91 Å². The van der Waals surface area contributed by atoms with Crippen LogP contribution in [0.1, 0.15) is 10.5 Å². The van der Waals surface area contributed by atoms with Crippen LogP contribution in [0.5, 0.6) is 11.5 Å². The smallest absolute Gasteiger partial charge is 0.274 e. The highest BCUT2D eigenvalue weighted by atomic mass is 19.1. The molecular weight excluding hydrogens is 330 g/mol. The van der Waals surface area contributed by atoms with Crippen molar-refractivity contribution >= 4 is 22.4 Å². The molecule has 0 atom stereocenters. The van der Waals surface area contributed by atoms with Gasteiger partial charge in [0, 0.05) is 34.8 Å². The Hall–Kier alpha value is -3.22. The minimum absolute atomic E-state index is 0.0641. The fourth-order valence-electron chi connectivity index (χ4n) is 2.70. The second-order valence-corrected chi connectivity index (χ2v) is 5.45. The summed E-state index contributed by atoms with van der Waals surface area (Å²) in [5.74, 6) is -0.979. The maximum atomic E-state index is 13.9. The van der Waals surface area contributed by atoms with E-state index >= 15 is 0 Å². The third-order valence-corrected chi connectivity index (χ3v) is 3.81. The number of fused-ring (bicyclic) bond motifs is 2. The molecule has 1 aliphatic rings. The van der Waals surface area contributed by atoms with Gasteiger partial charge in [-0.1, -0.05) is 0 Å². The fourth-order valence-corrected chi connectivity index (χ4v) is 2.70. The summed E-state index contributed by atoms with van der Waals surface area (Å²) in [5, 5.41) is 2.89. The molecule has 0 fully saturated rings. The van der Waals surface area contributed by atoms with E-state index in [-0.39, 0.29) is 16.5 Å². The van der Waals surface area contributed by atoms with Crippen molar-refractivity contribution in [3.05, 3.63) is 59.9 Å². The van der Waals surface area contributed by atoms with E-state index in [1.54, 1.807) is 18.2 Å². The molecule has 0 bridgehead atoms. The van der Waals surface area contributed by atoms with Crippen molar-refractivity contribution in [3.8, 4) is 11.5 Å². The number of nitrogens with zero attached hydrogens (tertiary/aromatic N) is 1. The maximum absolute atomic E-state index is 13.9. The lowest BCUT2D eigenvalue weighted by atomic mass is 10.1. The second kappa shape index (κ2) is 6.01. The second-order valence-electron chi connectivity index (χ2n) is 5.45. The van der Waals surface area contributed by atoms with Gasteiger partial charge < -0.3 is 14.8 Å². The first kappa shape index (κ1) is 15.3. The van der Waals surface area contributed by atoms with E-state index in [0.29, 0.717) is 30.4 Å². The molecule has 1 aromatic heterocycles. The zero-order chi connectivity index (χ0) is 17.4. The number of benzene rings is 2. The number of carbonyl (C=O) groups is 1. The third-order valence-electron chi connectivity index (χ3n) is 3.81. The Morgan fingerprint density at radius 1 is 1.00 bits per heavy atom. The van der Waals surface area contributed by atoms with Crippen LogP contribution in [0.25, 0.3) is 10.8 Å². The molecule has 25 heavy (non-hydrogen) atoms. The van der Waals surface area contributed by atoms with Gasteiger partial charge in [0.15, 0.2) is 11.5 Å². The Bertz CT molecular complexity index is 991. The number of hydrogen-bond donors (Lipinski definition) is 1. The minimum atomic E-state index is -0.772. The average Bonchev–Trinajstić information content (AvgIpc) is 2.61. The molecule has 1 aliphatic heterocycles. The predicted molar refractivity (Wildman–Crippen MR) is 87.0 cm³/mol. The van der Waals surface area contributed by atoms with Crippen LogP contribution < -0.4 is 14.8 Å². The Labute approximate surface area is 141 Å². The maximum Gasteiger partial charge on any atom is 0.274 e. The van der Waals surface area contributed by atoms with E-state index in [4.69, 9.17) is 9.47 Å². The number of rotatable bonds is 2. The van der Waals surface area contributed by atoms with Gasteiger partial charge in [-0.2, -0.15) is 0 Å². The highest BCUT2D eigenvalue weighted by molar-refractivity contribution is 6.11. The van der Waals surface area contributed by atoms with Crippen molar-refractivity contribution in [2.45, 2.75) is 0 Å². The van der Waals surface area contributed by atoms with Crippen LogP contribution in [0.4, 0.5) is 14.5 Å². The molecule has 3 aromatic rings. The van der Waals surface area contributed by atoms with Gasteiger partial charge in [0.2, 0.25) is 0 Å². The van der Waals surface area contributed by atoms with Gasteiger partial charge in [-0.25, -0.2) is 8.78 Å². The summed E-state index contributed by atoms with van der Waals surface area (Å²) in [6.07, 6.45) is 1.31. The van der Waals surface area contributed by atoms with E-state index in [9.17, 15) is 13.6 Å². The van der Waals surface area contributed by atoms with Crippen LogP contribution in [0.2, 0.25) is 0 Å². The van der Waals surface area contributed by atoms with Crippen molar-refractivity contribution in [2.24, 2.45) is 0 Å². The Kier molecular flexibility index (Phi) is 3.68. The van der Waals surface area contributed by atoms with E-state index in [1.165, 1.54) is 12.3 Å². The van der Waals surface area contributed by atoms with Crippen molar-refractivity contribution in [1.82, 2.24) is 4.98 Å². The molecule has 1 N–H and O–H groups in total. The summed E-state index contributed by atoms with van der Waals surface area (Å²) in [5.41, 5.74) is 0.399. The molecule has 7 heteroatoms. The van der Waals surface area contributed by atoms with E-state index < -0.39 is 17.5 Å². The minimum Gasteiger partial charge on any atom is -0.486 e. The van der Waals surface area contributed by atoms with Gasteiger partial charge >= 0.3 is 0 Å². The first-order chi connectivity index (χ1) is 12.1. The molecule has 2 aromatic carbocycles. The number of pyridine rings is 1. The number of amides is 1. The summed E-state index contributed by atoms with van der Waals surface area (Å²) in [6, 6.07) is 8.20. The number of aromatic nitrogens is 1. The van der Waals surface area contributed by atoms with Gasteiger partial charge in [-0.05, 0) is 24.3 Å². The van der Waals surface area contributed by atoms with Crippen molar-refractivity contribution in [1.29, 1.82) is 0 Å². The number of hydrogen-bond acceptors (Lipinski definition) is 4. The van der Waals surface area contributed by atoms with Crippen molar-refractivity contribution < 1.29 is 23.0 Å². The largest absolute Gasteiger partial charge is 0.486 e. The highest BCUT2D eigenvalue weighted by Crippen LogP contribution is 2.33. The molecule has 0 saturated heterocycles. The molecule has 0 unspecified atom stereocenters. The molecule has 126 valence electrons. The van der Waals surface area contributed by atoms with E-state index in [2.05, 4.69) is 10.3 Å². The summed E-state index contributed by atoms with van der Waals surface area (Å²) >= 11 is 0.